The van der Waals surface area contributed by atoms with Crippen LogP contribution in [0.2, 0.25) is 0 Å². The van der Waals surface area contributed by atoms with Gasteiger partial charge in [0.1, 0.15) is 0 Å². The summed E-state index contributed by atoms with van der Waals surface area (Å²) in [5.41, 5.74) is 0. The minimum Gasteiger partial charge on any atom is -0.338 e. The van der Waals surface area contributed by atoms with Gasteiger partial charge in [-0.3, -0.25) is 4.68 Å². The highest BCUT2D eigenvalue weighted by Crippen LogP contribution is 2.37. The third-order valence-corrected chi connectivity index (χ3v) is 5.37. The van der Waals surface area contributed by atoms with Gasteiger partial charge in [-0.1, -0.05) is 18.9 Å². The van der Waals surface area contributed by atoms with Gasteiger partial charge in [0, 0.05) is 30.4 Å². The third-order valence-electron chi connectivity index (χ3n) is 4.42. The van der Waals surface area contributed by atoms with E-state index in [1.54, 1.807) is 17.5 Å². The van der Waals surface area contributed by atoms with Crippen LogP contribution in [0, 0.1) is 5.92 Å². The molecule has 6 heteroatoms. The van der Waals surface area contributed by atoms with Gasteiger partial charge in [-0.15, -0.1) is 11.3 Å². The van der Waals surface area contributed by atoms with Crippen molar-refractivity contribution in [1.29, 1.82) is 0 Å². The predicted molar refractivity (Wildman–Crippen MR) is 92.4 cm³/mol. The molecular weight excluding hydrogens is 308 g/mol. The number of nitrogens with one attached hydrogen (secondary N) is 2. The molecule has 1 aliphatic carbocycles. The molecule has 1 atom stereocenters. The predicted octanol–water partition coefficient (Wildman–Crippen LogP) is 3.57. The van der Waals surface area contributed by atoms with Crippen LogP contribution in [0.15, 0.2) is 36.0 Å². The van der Waals surface area contributed by atoms with Crippen molar-refractivity contribution in [2.75, 3.05) is 6.54 Å². The molecule has 1 saturated carbocycles. The van der Waals surface area contributed by atoms with Crippen molar-refractivity contribution in [2.45, 2.75) is 44.7 Å². The van der Waals surface area contributed by atoms with Crippen LogP contribution in [0.5, 0.6) is 0 Å². The lowest BCUT2D eigenvalue weighted by Gasteiger charge is -2.24. The molecule has 0 saturated heterocycles. The second-order valence-corrected chi connectivity index (χ2v) is 7.04. The molecule has 124 valence electrons. The van der Waals surface area contributed by atoms with E-state index in [0.717, 1.165) is 13.0 Å². The van der Waals surface area contributed by atoms with Gasteiger partial charge in [-0.2, -0.15) is 5.10 Å². The molecule has 2 heterocycles. The number of hydrogen-bond acceptors (Lipinski definition) is 3. The zero-order valence-corrected chi connectivity index (χ0v) is 14.1. The summed E-state index contributed by atoms with van der Waals surface area (Å²) in [6.07, 6.45) is 9.56. The van der Waals surface area contributed by atoms with E-state index in [1.807, 2.05) is 16.9 Å². The Morgan fingerprint density at radius 1 is 1.39 bits per heavy atom. The first-order valence-corrected chi connectivity index (χ1v) is 9.26. The second kappa shape index (κ2) is 8.15. The highest BCUT2D eigenvalue weighted by atomic mass is 32.1. The Morgan fingerprint density at radius 3 is 2.96 bits per heavy atom. The molecular formula is C17H24N4OS. The first kappa shape index (κ1) is 16.1. The number of urea groups is 1. The first-order chi connectivity index (χ1) is 11.3. The zero-order valence-electron chi connectivity index (χ0n) is 13.3. The number of aryl methyl sites for hydroxylation is 1. The van der Waals surface area contributed by atoms with Crippen LogP contribution in [0.4, 0.5) is 4.79 Å². The summed E-state index contributed by atoms with van der Waals surface area (Å²) in [6.45, 7) is 1.48. The fourth-order valence-corrected chi connectivity index (χ4v) is 4.12. The zero-order chi connectivity index (χ0) is 15.9. The van der Waals surface area contributed by atoms with Crippen LogP contribution in [0.1, 0.15) is 43.0 Å². The topological polar surface area (TPSA) is 59.0 Å². The quantitative estimate of drug-likeness (QED) is 0.762. The Hall–Kier alpha value is -1.82. The monoisotopic (exact) mass is 332 g/mol. The van der Waals surface area contributed by atoms with Gasteiger partial charge in [0.25, 0.3) is 0 Å². The van der Waals surface area contributed by atoms with Gasteiger partial charge in [0.15, 0.2) is 0 Å². The van der Waals surface area contributed by atoms with Crippen molar-refractivity contribution >= 4 is 17.4 Å². The van der Waals surface area contributed by atoms with E-state index in [-0.39, 0.29) is 12.1 Å². The molecule has 5 nitrogen and oxygen atoms in total. The average molecular weight is 332 g/mol. The summed E-state index contributed by atoms with van der Waals surface area (Å²) >= 11 is 1.73. The number of aromatic nitrogens is 2. The fraction of sp³-hybridized carbons (Fsp3) is 0.529. The lowest BCUT2D eigenvalue weighted by atomic mass is 9.97. The first-order valence-electron chi connectivity index (χ1n) is 8.38. The van der Waals surface area contributed by atoms with Crippen LogP contribution in [-0.4, -0.2) is 22.4 Å². The van der Waals surface area contributed by atoms with Gasteiger partial charge >= 0.3 is 6.03 Å². The molecule has 0 unspecified atom stereocenters. The molecule has 2 aromatic rings. The van der Waals surface area contributed by atoms with Crippen molar-refractivity contribution in [1.82, 2.24) is 20.4 Å². The fourth-order valence-electron chi connectivity index (χ4n) is 3.25. The Kier molecular flexibility index (Phi) is 5.69. The molecule has 2 N–H and O–H groups in total. The summed E-state index contributed by atoms with van der Waals surface area (Å²) in [5, 5.41) is 12.4. The standard InChI is InChI=1S/C17H24N4OS/c22-17(18-9-4-11-21-12-5-10-19-21)20-16(14-6-1-2-7-14)15-8-3-13-23-15/h3,5,8,10,12-14,16H,1-2,4,6-7,9,11H2,(H2,18,20,22)/t16-/m0/s1. The third kappa shape index (κ3) is 4.58. The van der Waals surface area contributed by atoms with Gasteiger partial charge in [0.2, 0.25) is 0 Å². The molecule has 1 aliphatic rings. The van der Waals surface area contributed by atoms with Gasteiger partial charge in [0.05, 0.1) is 6.04 Å². The number of thiophene rings is 1. The van der Waals surface area contributed by atoms with Gasteiger partial charge < -0.3 is 10.6 Å². The molecule has 0 radical (unpaired) electrons. The van der Waals surface area contributed by atoms with E-state index in [9.17, 15) is 4.79 Å². The largest absolute Gasteiger partial charge is 0.338 e. The Labute approximate surface area is 141 Å². The van der Waals surface area contributed by atoms with Crippen molar-refractivity contribution in [3.63, 3.8) is 0 Å². The van der Waals surface area contributed by atoms with Gasteiger partial charge in [-0.25, -0.2) is 4.79 Å². The number of nitrogens with zero attached hydrogens (tertiary/aromatic N) is 2. The molecule has 1 fully saturated rings. The number of hydrogen-bond donors (Lipinski definition) is 2. The Morgan fingerprint density at radius 2 is 2.26 bits per heavy atom. The maximum absolute atomic E-state index is 12.2. The highest BCUT2D eigenvalue weighted by Gasteiger charge is 2.28. The van der Waals surface area contributed by atoms with Crippen LogP contribution in [-0.2, 0) is 6.54 Å². The summed E-state index contributed by atoms with van der Waals surface area (Å²) < 4.78 is 1.88. The van der Waals surface area contributed by atoms with E-state index < -0.39 is 0 Å². The minimum atomic E-state index is -0.0595. The summed E-state index contributed by atoms with van der Waals surface area (Å²) in [4.78, 5) is 13.5. The highest BCUT2D eigenvalue weighted by molar-refractivity contribution is 7.10. The summed E-state index contributed by atoms with van der Waals surface area (Å²) in [5.74, 6) is 0.573. The number of carbonyl (C=O) groups is 1. The summed E-state index contributed by atoms with van der Waals surface area (Å²) in [7, 11) is 0. The molecule has 0 aromatic carbocycles. The van der Waals surface area contributed by atoms with Crippen molar-refractivity contribution in [3.05, 3.63) is 40.8 Å². The maximum Gasteiger partial charge on any atom is 0.315 e. The van der Waals surface area contributed by atoms with E-state index in [4.69, 9.17) is 0 Å². The molecule has 23 heavy (non-hydrogen) atoms. The SMILES string of the molecule is O=C(NCCCn1cccn1)N[C@H](c1cccs1)C1CCCC1. The lowest BCUT2D eigenvalue weighted by Crippen LogP contribution is -2.40. The lowest BCUT2D eigenvalue weighted by molar-refractivity contribution is 0.231. The number of carbonyl (C=O) groups excluding carboxylic acids is 1. The maximum atomic E-state index is 12.2. The molecule has 3 rings (SSSR count). The van der Waals surface area contributed by atoms with Crippen LogP contribution >= 0.6 is 11.3 Å². The van der Waals surface area contributed by atoms with Crippen molar-refractivity contribution < 1.29 is 4.79 Å². The summed E-state index contributed by atoms with van der Waals surface area (Å²) in [6, 6.07) is 6.20. The van der Waals surface area contributed by atoms with E-state index >= 15 is 0 Å². The minimum absolute atomic E-state index is 0.0595. The van der Waals surface area contributed by atoms with E-state index in [0.29, 0.717) is 12.5 Å². The van der Waals surface area contributed by atoms with Gasteiger partial charge in [-0.05, 0) is 42.7 Å². The molecule has 0 bridgehead atoms. The number of rotatable bonds is 7. The van der Waals surface area contributed by atoms with Crippen molar-refractivity contribution in [2.24, 2.45) is 5.92 Å². The van der Waals surface area contributed by atoms with E-state index in [2.05, 4.69) is 33.2 Å². The average Bonchev–Trinajstić information content (AvgIpc) is 3.33. The molecule has 2 amide bonds. The molecule has 0 aliphatic heterocycles. The van der Waals surface area contributed by atoms with Crippen LogP contribution < -0.4 is 10.6 Å². The molecule has 0 spiro atoms. The Balaban J connectivity index is 1.46. The van der Waals surface area contributed by atoms with Crippen molar-refractivity contribution in [3.8, 4) is 0 Å². The normalized spacial score (nSPS) is 16.3. The molecule has 2 aromatic heterocycles. The smallest absolute Gasteiger partial charge is 0.315 e. The second-order valence-electron chi connectivity index (χ2n) is 6.06. The Bertz CT molecular complexity index is 576. The number of amides is 2. The van der Waals surface area contributed by atoms with Crippen LogP contribution in [0.3, 0.4) is 0 Å². The van der Waals surface area contributed by atoms with E-state index in [1.165, 1.54) is 30.6 Å². The van der Waals surface area contributed by atoms with Crippen LogP contribution in [0.25, 0.3) is 0 Å².